The predicted molar refractivity (Wildman–Crippen MR) is 48.5 cm³/mol. The van der Waals surface area contributed by atoms with Gasteiger partial charge in [-0.25, -0.2) is 8.42 Å². The second-order valence-electron chi connectivity index (χ2n) is 3.21. The molecule has 0 unspecified atom stereocenters. The first kappa shape index (κ1) is 11.4. The van der Waals surface area contributed by atoms with Crippen LogP contribution >= 0.6 is 0 Å². The number of esters is 1. The van der Waals surface area contributed by atoms with Crippen LogP contribution in [0.4, 0.5) is 0 Å². The first-order valence-corrected chi connectivity index (χ1v) is 5.95. The average Bonchev–Trinajstić information content (AvgIpc) is 2.35. The minimum atomic E-state index is -3.16. The van der Waals surface area contributed by atoms with Gasteiger partial charge in [0.1, 0.15) is 0 Å². The quantitative estimate of drug-likeness (QED) is 0.533. The molecule has 0 aromatic rings. The molecule has 0 aromatic carbocycles. The average molecular weight is 223 g/mol. The van der Waals surface area contributed by atoms with Gasteiger partial charge in [-0.1, -0.05) is 0 Å². The summed E-state index contributed by atoms with van der Waals surface area (Å²) in [7, 11) is -1.92. The van der Waals surface area contributed by atoms with Crippen molar-refractivity contribution >= 4 is 15.8 Å². The van der Waals surface area contributed by atoms with Gasteiger partial charge in [0.15, 0.2) is 9.84 Å². The van der Waals surface area contributed by atoms with Crippen molar-refractivity contribution in [3.8, 4) is 0 Å². The highest BCUT2D eigenvalue weighted by Gasteiger charge is 2.36. The first-order valence-electron chi connectivity index (χ1n) is 4.13. The van der Waals surface area contributed by atoms with E-state index in [0.717, 1.165) is 0 Å². The van der Waals surface area contributed by atoms with Gasteiger partial charge in [0, 0.05) is 6.04 Å². The topological polar surface area (TPSA) is 92.7 Å². The molecule has 7 heteroatoms. The number of methoxy groups -OCH3 is 1. The summed E-state index contributed by atoms with van der Waals surface area (Å²) in [6.07, 6.45) is -0.940. The van der Waals surface area contributed by atoms with Crippen LogP contribution in [-0.4, -0.2) is 56.8 Å². The van der Waals surface area contributed by atoms with Crippen molar-refractivity contribution in [2.45, 2.75) is 12.1 Å². The highest BCUT2D eigenvalue weighted by atomic mass is 32.2. The predicted octanol–water partition coefficient (Wildman–Crippen LogP) is -2.09. The number of ether oxygens (including phenoxy) is 1. The van der Waals surface area contributed by atoms with Crippen LogP contribution in [0.15, 0.2) is 0 Å². The van der Waals surface area contributed by atoms with E-state index in [1.165, 1.54) is 7.11 Å². The van der Waals surface area contributed by atoms with Gasteiger partial charge in [-0.3, -0.25) is 4.79 Å². The van der Waals surface area contributed by atoms with Gasteiger partial charge in [0.25, 0.3) is 0 Å². The Bertz CT molecular complexity index is 312. The minimum Gasteiger partial charge on any atom is -0.468 e. The van der Waals surface area contributed by atoms with Crippen LogP contribution in [0.3, 0.4) is 0 Å². The van der Waals surface area contributed by atoms with E-state index in [1.807, 2.05) is 0 Å². The Hall–Kier alpha value is -0.660. The van der Waals surface area contributed by atoms with Crippen LogP contribution in [0.2, 0.25) is 0 Å². The Morgan fingerprint density at radius 3 is 2.64 bits per heavy atom. The summed E-state index contributed by atoms with van der Waals surface area (Å²) in [5.41, 5.74) is 0. The van der Waals surface area contributed by atoms with Gasteiger partial charge in [-0.15, -0.1) is 0 Å². The first-order chi connectivity index (χ1) is 6.44. The normalized spacial score (nSPS) is 30.1. The summed E-state index contributed by atoms with van der Waals surface area (Å²) in [5.74, 6) is -0.863. The zero-order valence-corrected chi connectivity index (χ0v) is 8.58. The molecule has 0 saturated carbocycles. The molecule has 6 nitrogen and oxygen atoms in total. The number of aliphatic hydroxyl groups excluding tert-OH is 1. The molecule has 1 fully saturated rings. The van der Waals surface area contributed by atoms with Crippen molar-refractivity contribution in [1.82, 2.24) is 5.32 Å². The SMILES string of the molecule is COC(=O)CN[C@@H]1CS(=O)(=O)C[C@@H]1O. The summed E-state index contributed by atoms with van der Waals surface area (Å²) in [5, 5.41) is 12.0. The second kappa shape index (κ2) is 4.24. The lowest BCUT2D eigenvalue weighted by Gasteiger charge is -2.13. The van der Waals surface area contributed by atoms with Gasteiger partial charge < -0.3 is 15.2 Å². The molecule has 0 aromatic heterocycles. The fourth-order valence-electron chi connectivity index (χ4n) is 1.31. The molecule has 1 saturated heterocycles. The number of rotatable bonds is 3. The molecule has 1 aliphatic rings. The molecule has 0 amide bonds. The third-order valence-corrected chi connectivity index (χ3v) is 3.78. The number of aliphatic hydroxyl groups is 1. The highest BCUT2D eigenvalue weighted by Crippen LogP contribution is 2.11. The van der Waals surface area contributed by atoms with E-state index in [1.54, 1.807) is 0 Å². The van der Waals surface area contributed by atoms with Crippen molar-refractivity contribution in [2.75, 3.05) is 25.2 Å². The van der Waals surface area contributed by atoms with E-state index in [0.29, 0.717) is 0 Å². The van der Waals surface area contributed by atoms with Gasteiger partial charge in [0.05, 0.1) is 31.3 Å². The minimum absolute atomic E-state index is 0.0895. The second-order valence-corrected chi connectivity index (χ2v) is 5.36. The Labute approximate surface area is 82.2 Å². The van der Waals surface area contributed by atoms with Gasteiger partial charge in [-0.2, -0.15) is 0 Å². The van der Waals surface area contributed by atoms with E-state index < -0.39 is 28.0 Å². The van der Waals surface area contributed by atoms with Gasteiger partial charge >= 0.3 is 5.97 Å². The summed E-state index contributed by atoms with van der Waals surface area (Å²) in [6, 6.07) is -0.570. The largest absolute Gasteiger partial charge is 0.468 e. The van der Waals surface area contributed by atoms with E-state index >= 15 is 0 Å². The molecule has 14 heavy (non-hydrogen) atoms. The zero-order valence-electron chi connectivity index (χ0n) is 7.76. The Kier molecular flexibility index (Phi) is 3.46. The number of hydrogen-bond donors (Lipinski definition) is 2. The maximum atomic E-state index is 11.0. The van der Waals surface area contributed by atoms with Crippen LogP contribution < -0.4 is 5.32 Å². The molecular formula is C7H13NO5S. The molecule has 2 N–H and O–H groups in total. The number of nitrogens with one attached hydrogen (secondary N) is 1. The third kappa shape index (κ3) is 2.93. The van der Waals surface area contributed by atoms with Crippen LogP contribution in [-0.2, 0) is 19.4 Å². The zero-order chi connectivity index (χ0) is 10.8. The highest BCUT2D eigenvalue weighted by molar-refractivity contribution is 7.91. The summed E-state index contributed by atoms with van der Waals surface area (Å²) >= 11 is 0. The molecule has 1 aliphatic heterocycles. The molecule has 1 rings (SSSR count). The van der Waals surface area contributed by atoms with E-state index in [4.69, 9.17) is 0 Å². The summed E-state index contributed by atoms with van der Waals surface area (Å²) in [6.45, 7) is -0.0895. The number of sulfone groups is 1. The molecular weight excluding hydrogens is 210 g/mol. The van der Waals surface area contributed by atoms with E-state index in [-0.39, 0.29) is 18.1 Å². The lowest BCUT2D eigenvalue weighted by Crippen LogP contribution is -2.41. The number of carbonyl (C=O) groups excluding carboxylic acids is 1. The van der Waals surface area contributed by atoms with Crippen molar-refractivity contribution in [1.29, 1.82) is 0 Å². The van der Waals surface area contributed by atoms with E-state index in [2.05, 4.69) is 10.1 Å². The lowest BCUT2D eigenvalue weighted by atomic mass is 10.2. The van der Waals surface area contributed by atoms with Crippen molar-refractivity contribution in [3.63, 3.8) is 0 Å². The maximum Gasteiger partial charge on any atom is 0.319 e. The number of carbonyl (C=O) groups is 1. The fourth-order valence-corrected chi connectivity index (χ4v) is 3.09. The van der Waals surface area contributed by atoms with Crippen molar-refractivity contribution < 1.29 is 23.1 Å². The van der Waals surface area contributed by atoms with Crippen LogP contribution in [0.1, 0.15) is 0 Å². The third-order valence-electron chi connectivity index (χ3n) is 2.06. The molecule has 2 atom stereocenters. The van der Waals surface area contributed by atoms with E-state index in [9.17, 15) is 18.3 Å². The molecule has 82 valence electrons. The molecule has 0 radical (unpaired) electrons. The van der Waals surface area contributed by atoms with Crippen molar-refractivity contribution in [3.05, 3.63) is 0 Å². The van der Waals surface area contributed by atoms with Crippen molar-refractivity contribution in [2.24, 2.45) is 0 Å². The van der Waals surface area contributed by atoms with Gasteiger partial charge in [-0.05, 0) is 0 Å². The Morgan fingerprint density at radius 1 is 1.57 bits per heavy atom. The smallest absolute Gasteiger partial charge is 0.319 e. The lowest BCUT2D eigenvalue weighted by molar-refractivity contribution is -0.139. The van der Waals surface area contributed by atoms with Crippen LogP contribution in [0.25, 0.3) is 0 Å². The Balaban J connectivity index is 2.44. The van der Waals surface area contributed by atoms with Crippen LogP contribution in [0.5, 0.6) is 0 Å². The molecule has 0 aliphatic carbocycles. The maximum absolute atomic E-state index is 11.0. The number of hydrogen-bond acceptors (Lipinski definition) is 6. The fraction of sp³-hybridized carbons (Fsp3) is 0.857. The molecule has 0 spiro atoms. The van der Waals surface area contributed by atoms with Gasteiger partial charge in [0.2, 0.25) is 0 Å². The Morgan fingerprint density at radius 2 is 2.21 bits per heavy atom. The molecule has 1 heterocycles. The molecule has 0 bridgehead atoms. The van der Waals surface area contributed by atoms with Crippen LogP contribution in [0, 0.1) is 0 Å². The monoisotopic (exact) mass is 223 g/mol. The summed E-state index contributed by atoms with van der Waals surface area (Å²) in [4.78, 5) is 10.7. The summed E-state index contributed by atoms with van der Waals surface area (Å²) < 4.78 is 26.5. The standard InChI is InChI=1S/C7H13NO5S/c1-13-7(10)2-8-5-3-14(11,12)4-6(5)9/h5-6,8-9H,2-4H2,1H3/t5-,6+/m1/s1.